The van der Waals surface area contributed by atoms with Crippen LogP contribution < -0.4 is 16.2 Å². The minimum atomic E-state index is -1.66. The molecule has 3 N–H and O–H groups in total. The average Bonchev–Trinajstić information content (AvgIpc) is 2.63. The van der Waals surface area contributed by atoms with Crippen molar-refractivity contribution in [2.75, 3.05) is 12.0 Å². The second-order valence-electron chi connectivity index (χ2n) is 8.40. The molecule has 4 fully saturated rings. The summed E-state index contributed by atoms with van der Waals surface area (Å²) >= 11 is 0. The molecular formula is C19H21F4N3O2. The Balaban J connectivity index is 1.33. The molecule has 4 aliphatic rings. The number of benzene rings is 1. The molecule has 0 heterocycles. The molecule has 9 heteroatoms. The summed E-state index contributed by atoms with van der Waals surface area (Å²) in [5.41, 5.74) is 2.22. The Kier molecular flexibility index (Phi) is 4.71. The zero-order chi connectivity index (χ0) is 20.1. The van der Waals surface area contributed by atoms with E-state index in [-0.39, 0.29) is 12.0 Å². The van der Waals surface area contributed by atoms with Crippen LogP contribution in [0.25, 0.3) is 0 Å². The number of hydrogen-bond donors (Lipinski definition) is 3. The first-order valence-electron chi connectivity index (χ1n) is 9.43. The maximum Gasteiger partial charge on any atom is 0.257 e. The van der Waals surface area contributed by atoms with Crippen LogP contribution in [0.1, 0.15) is 38.5 Å². The number of hydrogen-bond acceptors (Lipinski definition) is 3. The summed E-state index contributed by atoms with van der Waals surface area (Å²) in [5.74, 6) is -5.74. The summed E-state index contributed by atoms with van der Waals surface area (Å²) < 4.78 is 53.5. The Morgan fingerprint density at radius 3 is 1.93 bits per heavy atom. The van der Waals surface area contributed by atoms with Crippen molar-refractivity contribution in [3.8, 4) is 0 Å². The molecule has 4 aliphatic carbocycles. The van der Waals surface area contributed by atoms with Gasteiger partial charge >= 0.3 is 0 Å². The Morgan fingerprint density at radius 2 is 1.43 bits per heavy atom. The highest BCUT2D eigenvalue weighted by Gasteiger charge is 2.54. The maximum absolute atomic E-state index is 13.6. The molecule has 0 saturated heterocycles. The van der Waals surface area contributed by atoms with Gasteiger partial charge in [0.1, 0.15) is 5.69 Å². The number of carbonyl (C=O) groups excluding carboxylic acids is 2. The Bertz CT molecular complexity index is 768. The summed E-state index contributed by atoms with van der Waals surface area (Å²) in [4.78, 5) is 24.7. The van der Waals surface area contributed by atoms with Crippen molar-refractivity contribution >= 4 is 17.5 Å². The third kappa shape index (κ3) is 3.31. The second kappa shape index (κ2) is 6.93. The number of halogens is 4. The predicted octanol–water partition coefficient (Wildman–Crippen LogP) is 3.02. The lowest BCUT2D eigenvalue weighted by Crippen LogP contribution is -2.54. The van der Waals surface area contributed by atoms with Crippen LogP contribution in [0.5, 0.6) is 0 Å². The SMILES string of the molecule is O=C(CNC(=O)C12CC3CC(CC(C3)C1)C2)NNc1c(F)c(F)cc(F)c1F. The van der Waals surface area contributed by atoms with E-state index in [0.29, 0.717) is 17.8 Å². The van der Waals surface area contributed by atoms with Crippen LogP contribution >= 0.6 is 0 Å². The van der Waals surface area contributed by atoms with Crippen LogP contribution in [0, 0.1) is 46.4 Å². The number of nitrogens with one attached hydrogen (secondary N) is 3. The fraction of sp³-hybridized carbons (Fsp3) is 0.579. The van der Waals surface area contributed by atoms with E-state index in [1.54, 1.807) is 0 Å². The molecule has 2 amide bonds. The van der Waals surface area contributed by atoms with Crippen molar-refractivity contribution in [1.29, 1.82) is 0 Å². The lowest BCUT2D eigenvalue weighted by molar-refractivity contribution is -0.147. The lowest BCUT2D eigenvalue weighted by atomic mass is 9.49. The van der Waals surface area contributed by atoms with Crippen LogP contribution in [0.2, 0.25) is 0 Å². The van der Waals surface area contributed by atoms with Crippen LogP contribution in [0.15, 0.2) is 6.07 Å². The predicted molar refractivity (Wildman–Crippen MR) is 91.7 cm³/mol. The van der Waals surface area contributed by atoms with Crippen LogP contribution in [-0.2, 0) is 9.59 Å². The molecule has 0 unspecified atom stereocenters. The minimum absolute atomic E-state index is 0.0728. The van der Waals surface area contributed by atoms with Crippen molar-refractivity contribution in [2.24, 2.45) is 23.2 Å². The molecule has 1 aromatic carbocycles. The van der Waals surface area contributed by atoms with Gasteiger partial charge in [0.05, 0.1) is 6.54 Å². The quantitative estimate of drug-likeness (QED) is 0.405. The normalized spacial score (nSPS) is 30.2. The van der Waals surface area contributed by atoms with Gasteiger partial charge in [-0.15, -0.1) is 0 Å². The summed E-state index contributed by atoms with van der Waals surface area (Å²) in [7, 11) is 0. The van der Waals surface area contributed by atoms with Crippen molar-refractivity contribution in [3.63, 3.8) is 0 Å². The second-order valence-corrected chi connectivity index (χ2v) is 8.40. The Hall–Kier alpha value is -2.32. The average molecular weight is 399 g/mol. The first-order chi connectivity index (χ1) is 13.3. The molecule has 4 saturated carbocycles. The van der Waals surface area contributed by atoms with Crippen LogP contribution in [0.3, 0.4) is 0 Å². The molecule has 152 valence electrons. The van der Waals surface area contributed by atoms with Gasteiger partial charge in [0.15, 0.2) is 23.3 Å². The molecule has 0 aromatic heterocycles. The van der Waals surface area contributed by atoms with Gasteiger partial charge in [0.2, 0.25) is 5.91 Å². The molecule has 0 aliphatic heterocycles. The van der Waals surface area contributed by atoms with Crippen LogP contribution in [0.4, 0.5) is 23.2 Å². The number of amides is 2. The fourth-order valence-corrected chi connectivity index (χ4v) is 5.60. The molecule has 5 nitrogen and oxygen atoms in total. The monoisotopic (exact) mass is 399 g/mol. The highest BCUT2D eigenvalue weighted by atomic mass is 19.2. The van der Waals surface area contributed by atoms with Crippen LogP contribution in [-0.4, -0.2) is 18.4 Å². The van der Waals surface area contributed by atoms with Crippen molar-refractivity contribution in [3.05, 3.63) is 29.3 Å². The number of hydrazine groups is 1. The van der Waals surface area contributed by atoms with E-state index in [4.69, 9.17) is 0 Å². The van der Waals surface area contributed by atoms with E-state index in [9.17, 15) is 27.2 Å². The van der Waals surface area contributed by atoms with Gasteiger partial charge in [-0.1, -0.05) is 0 Å². The Labute approximate surface area is 159 Å². The maximum atomic E-state index is 13.6. The third-order valence-corrected chi connectivity index (χ3v) is 6.37. The van der Waals surface area contributed by atoms with Gasteiger partial charge in [-0.05, 0) is 56.3 Å². The number of anilines is 1. The van der Waals surface area contributed by atoms with Gasteiger partial charge in [0.25, 0.3) is 5.91 Å². The zero-order valence-electron chi connectivity index (χ0n) is 15.1. The molecule has 28 heavy (non-hydrogen) atoms. The summed E-state index contributed by atoms with van der Waals surface area (Å²) in [6.45, 7) is -0.408. The van der Waals surface area contributed by atoms with E-state index in [0.717, 1.165) is 19.3 Å². The third-order valence-electron chi connectivity index (χ3n) is 6.37. The van der Waals surface area contributed by atoms with E-state index in [1.807, 2.05) is 10.9 Å². The van der Waals surface area contributed by atoms with Crippen molar-refractivity contribution in [1.82, 2.24) is 10.7 Å². The molecule has 0 radical (unpaired) electrons. The van der Waals surface area contributed by atoms with Gasteiger partial charge in [0, 0.05) is 11.5 Å². The standard InChI is InChI=1S/C19H21F4N3O2/c20-12-4-13(21)16(23)17(15(12)22)26-25-14(27)8-24-18(28)19-5-9-1-10(6-19)3-11(2-9)7-19/h4,9-11,26H,1-3,5-8H2,(H,24,28)(H,25,27). The number of rotatable bonds is 5. The van der Waals surface area contributed by atoms with Gasteiger partial charge < -0.3 is 5.32 Å². The molecule has 1 aromatic rings. The van der Waals surface area contributed by atoms with Crippen molar-refractivity contribution in [2.45, 2.75) is 38.5 Å². The Morgan fingerprint density at radius 1 is 0.929 bits per heavy atom. The molecule has 0 spiro atoms. The first kappa shape index (κ1) is 19.0. The van der Waals surface area contributed by atoms with E-state index in [2.05, 4.69) is 5.32 Å². The molecule has 0 atom stereocenters. The van der Waals surface area contributed by atoms with E-state index < -0.39 is 46.8 Å². The smallest absolute Gasteiger partial charge is 0.257 e. The fourth-order valence-electron chi connectivity index (χ4n) is 5.60. The molecule has 4 bridgehead atoms. The van der Waals surface area contributed by atoms with Crippen molar-refractivity contribution < 1.29 is 27.2 Å². The summed E-state index contributed by atoms with van der Waals surface area (Å²) in [6.07, 6.45) is 6.05. The topological polar surface area (TPSA) is 70.2 Å². The van der Waals surface area contributed by atoms with E-state index in [1.165, 1.54) is 19.3 Å². The summed E-state index contributed by atoms with van der Waals surface area (Å²) in [5, 5.41) is 2.60. The lowest BCUT2D eigenvalue weighted by Gasteiger charge is -2.55. The largest absolute Gasteiger partial charge is 0.346 e. The zero-order valence-corrected chi connectivity index (χ0v) is 15.1. The first-order valence-corrected chi connectivity index (χ1v) is 9.43. The van der Waals surface area contributed by atoms with Gasteiger partial charge in [-0.3, -0.25) is 20.4 Å². The highest BCUT2D eigenvalue weighted by molar-refractivity contribution is 5.88. The minimum Gasteiger partial charge on any atom is -0.346 e. The van der Waals surface area contributed by atoms with E-state index >= 15 is 0 Å². The van der Waals surface area contributed by atoms with Gasteiger partial charge in [-0.2, -0.15) is 0 Å². The highest BCUT2D eigenvalue weighted by Crippen LogP contribution is 2.60. The van der Waals surface area contributed by atoms with Gasteiger partial charge in [-0.25, -0.2) is 17.6 Å². The molecular weight excluding hydrogens is 378 g/mol. The number of carbonyl (C=O) groups is 2. The summed E-state index contributed by atoms with van der Waals surface area (Å²) in [6, 6.07) is 0.0728. The molecule has 5 rings (SSSR count).